The number of rotatable bonds is 6. The van der Waals surface area contributed by atoms with Gasteiger partial charge in [0.1, 0.15) is 6.54 Å². The van der Waals surface area contributed by atoms with E-state index in [9.17, 15) is 36.5 Å². The van der Waals surface area contributed by atoms with Crippen molar-refractivity contribution < 1.29 is 31.3 Å². The van der Waals surface area contributed by atoms with Crippen LogP contribution in [0.15, 0.2) is 36.4 Å². The van der Waals surface area contributed by atoms with Crippen LogP contribution in [0.25, 0.3) is 0 Å². The van der Waals surface area contributed by atoms with Gasteiger partial charge in [0.05, 0.1) is 27.5 Å². The maximum absolute atomic E-state index is 13.0. The lowest BCUT2D eigenvalue weighted by Crippen LogP contribution is -2.38. The fraction of sp³-hybridized carbons (Fsp3) is 0.235. The standard InChI is InChI=1S/C17H15ClF3N3O5S/c1-10-3-5-12(24(26)27)8-15(10)23(30(2,28)29)9-16(25)22-11-4-6-14(18)13(7-11)17(19,20)21/h3-8H,9H2,1-2H3,(H,22,25). The van der Waals surface area contributed by atoms with Gasteiger partial charge in [0.2, 0.25) is 15.9 Å². The molecule has 0 spiro atoms. The summed E-state index contributed by atoms with van der Waals surface area (Å²) in [6.07, 6.45) is -3.96. The number of nitrogens with zero attached hydrogens (tertiary/aromatic N) is 2. The zero-order valence-electron chi connectivity index (χ0n) is 15.5. The van der Waals surface area contributed by atoms with E-state index < -0.39 is 49.8 Å². The summed E-state index contributed by atoms with van der Waals surface area (Å²) in [6.45, 7) is 0.675. The third-order valence-electron chi connectivity index (χ3n) is 3.92. The summed E-state index contributed by atoms with van der Waals surface area (Å²) >= 11 is 5.52. The molecule has 0 fully saturated rings. The number of anilines is 2. The Morgan fingerprint density at radius 2 is 1.87 bits per heavy atom. The van der Waals surface area contributed by atoms with Gasteiger partial charge in [0.15, 0.2) is 0 Å². The Morgan fingerprint density at radius 1 is 1.23 bits per heavy atom. The van der Waals surface area contributed by atoms with E-state index in [0.717, 1.165) is 24.5 Å². The van der Waals surface area contributed by atoms with Crippen LogP contribution in [-0.2, 0) is 21.0 Å². The van der Waals surface area contributed by atoms with Crippen LogP contribution >= 0.6 is 11.6 Å². The number of nitrogens with one attached hydrogen (secondary N) is 1. The minimum atomic E-state index is -4.75. The van der Waals surface area contributed by atoms with Gasteiger partial charge in [0.25, 0.3) is 5.69 Å². The van der Waals surface area contributed by atoms with E-state index in [-0.39, 0.29) is 11.4 Å². The second-order valence-electron chi connectivity index (χ2n) is 6.24. The smallest absolute Gasteiger partial charge is 0.324 e. The Morgan fingerprint density at radius 3 is 2.40 bits per heavy atom. The van der Waals surface area contributed by atoms with E-state index in [1.807, 2.05) is 0 Å². The number of carbonyl (C=O) groups excluding carboxylic acids is 1. The lowest BCUT2D eigenvalue weighted by molar-refractivity contribution is -0.384. The van der Waals surface area contributed by atoms with Gasteiger partial charge in [0, 0.05) is 17.8 Å². The van der Waals surface area contributed by atoms with Crippen LogP contribution in [0.1, 0.15) is 11.1 Å². The first-order chi connectivity index (χ1) is 13.7. The van der Waals surface area contributed by atoms with E-state index in [4.69, 9.17) is 11.6 Å². The number of benzene rings is 2. The number of aryl methyl sites for hydroxylation is 1. The average molecular weight is 466 g/mol. The number of nitro benzene ring substituents is 1. The average Bonchev–Trinajstić information content (AvgIpc) is 2.60. The van der Waals surface area contributed by atoms with Gasteiger partial charge < -0.3 is 5.32 Å². The van der Waals surface area contributed by atoms with Gasteiger partial charge in [-0.2, -0.15) is 13.2 Å². The number of hydrogen-bond acceptors (Lipinski definition) is 5. The lowest BCUT2D eigenvalue weighted by atomic mass is 10.1. The predicted octanol–water partition coefficient (Wildman–Crippen LogP) is 3.98. The Labute approximate surface area is 174 Å². The van der Waals surface area contributed by atoms with Crippen LogP contribution in [0.2, 0.25) is 5.02 Å². The molecule has 1 amide bonds. The van der Waals surface area contributed by atoms with Gasteiger partial charge in [-0.3, -0.25) is 19.2 Å². The minimum absolute atomic E-state index is 0.103. The molecule has 0 heterocycles. The first kappa shape index (κ1) is 23.4. The Balaban J connectivity index is 2.35. The normalized spacial score (nSPS) is 11.8. The number of hydrogen-bond donors (Lipinski definition) is 1. The summed E-state index contributed by atoms with van der Waals surface area (Å²) in [5.41, 5.74) is -1.58. The second kappa shape index (κ2) is 8.48. The zero-order chi connectivity index (χ0) is 22.9. The monoisotopic (exact) mass is 465 g/mol. The maximum Gasteiger partial charge on any atom is 0.417 e. The van der Waals surface area contributed by atoms with Crippen LogP contribution in [0, 0.1) is 17.0 Å². The number of alkyl halides is 3. The van der Waals surface area contributed by atoms with E-state index >= 15 is 0 Å². The quantitative estimate of drug-likeness (QED) is 0.512. The molecule has 1 N–H and O–H groups in total. The largest absolute Gasteiger partial charge is 0.417 e. The van der Waals surface area contributed by atoms with Crippen molar-refractivity contribution in [3.05, 3.63) is 62.7 Å². The Hall–Kier alpha value is -2.86. The molecule has 0 aliphatic rings. The fourth-order valence-electron chi connectivity index (χ4n) is 2.51. The summed E-state index contributed by atoms with van der Waals surface area (Å²) in [5, 5.41) is 12.6. The van der Waals surface area contributed by atoms with Crippen molar-refractivity contribution in [2.24, 2.45) is 0 Å². The number of nitro groups is 1. The molecule has 13 heteroatoms. The first-order valence-electron chi connectivity index (χ1n) is 8.09. The van der Waals surface area contributed by atoms with Crippen LogP contribution < -0.4 is 9.62 Å². The highest BCUT2D eigenvalue weighted by molar-refractivity contribution is 7.92. The number of carbonyl (C=O) groups is 1. The summed E-state index contributed by atoms with van der Waals surface area (Å²) in [5.74, 6) is -0.957. The fourth-order valence-corrected chi connectivity index (χ4v) is 3.64. The third kappa shape index (κ3) is 5.60. The van der Waals surface area contributed by atoms with Crippen LogP contribution in [-0.4, -0.2) is 32.0 Å². The first-order valence-corrected chi connectivity index (χ1v) is 10.3. The van der Waals surface area contributed by atoms with E-state index in [1.165, 1.54) is 19.1 Å². The van der Waals surface area contributed by atoms with Gasteiger partial charge in [-0.25, -0.2) is 8.42 Å². The molecule has 0 radical (unpaired) electrons. The van der Waals surface area contributed by atoms with Crippen LogP contribution in [0.5, 0.6) is 0 Å². The predicted molar refractivity (Wildman–Crippen MR) is 105 cm³/mol. The molecule has 30 heavy (non-hydrogen) atoms. The molecular formula is C17H15ClF3N3O5S. The lowest BCUT2D eigenvalue weighted by Gasteiger charge is -2.23. The highest BCUT2D eigenvalue weighted by Crippen LogP contribution is 2.36. The van der Waals surface area contributed by atoms with Crippen molar-refractivity contribution in [2.45, 2.75) is 13.1 Å². The molecule has 0 aromatic heterocycles. The number of amides is 1. The summed E-state index contributed by atoms with van der Waals surface area (Å²) in [4.78, 5) is 22.6. The number of non-ortho nitro benzene ring substituents is 1. The molecule has 2 aromatic rings. The van der Waals surface area contributed by atoms with Crippen LogP contribution in [0.3, 0.4) is 0 Å². The molecule has 0 aliphatic carbocycles. The molecule has 0 unspecified atom stereocenters. The topological polar surface area (TPSA) is 110 Å². The molecule has 0 saturated carbocycles. The summed E-state index contributed by atoms with van der Waals surface area (Å²) in [7, 11) is -4.06. The van der Waals surface area contributed by atoms with Crippen molar-refractivity contribution in [2.75, 3.05) is 22.4 Å². The molecule has 0 atom stereocenters. The van der Waals surface area contributed by atoms with Crippen molar-refractivity contribution in [1.82, 2.24) is 0 Å². The minimum Gasteiger partial charge on any atom is -0.324 e. The molecule has 0 saturated heterocycles. The summed E-state index contributed by atoms with van der Waals surface area (Å²) < 4.78 is 63.9. The van der Waals surface area contributed by atoms with E-state index in [0.29, 0.717) is 15.9 Å². The molecule has 8 nitrogen and oxygen atoms in total. The Bertz CT molecular complexity index is 1110. The van der Waals surface area contributed by atoms with Gasteiger partial charge >= 0.3 is 6.18 Å². The molecule has 0 bridgehead atoms. The van der Waals surface area contributed by atoms with Gasteiger partial charge in [-0.05, 0) is 30.7 Å². The number of sulfonamides is 1. The van der Waals surface area contributed by atoms with Crippen molar-refractivity contribution in [3.63, 3.8) is 0 Å². The maximum atomic E-state index is 13.0. The van der Waals surface area contributed by atoms with Gasteiger partial charge in [-0.1, -0.05) is 17.7 Å². The van der Waals surface area contributed by atoms with Gasteiger partial charge in [-0.15, -0.1) is 0 Å². The summed E-state index contributed by atoms with van der Waals surface area (Å²) in [6, 6.07) is 6.17. The molecular weight excluding hydrogens is 451 g/mol. The van der Waals surface area contributed by atoms with Crippen molar-refractivity contribution in [3.8, 4) is 0 Å². The Kier molecular flexibility index (Phi) is 6.62. The van der Waals surface area contributed by atoms with Crippen molar-refractivity contribution >= 4 is 44.6 Å². The van der Waals surface area contributed by atoms with Crippen molar-refractivity contribution in [1.29, 1.82) is 0 Å². The van der Waals surface area contributed by atoms with E-state index in [1.54, 1.807) is 0 Å². The SMILES string of the molecule is Cc1ccc([N+](=O)[O-])cc1N(CC(=O)Nc1ccc(Cl)c(C(F)(F)F)c1)S(C)(=O)=O. The zero-order valence-corrected chi connectivity index (χ0v) is 17.1. The molecule has 2 rings (SSSR count). The highest BCUT2D eigenvalue weighted by atomic mass is 35.5. The van der Waals surface area contributed by atoms with E-state index in [2.05, 4.69) is 5.32 Å². The molecule has 2 aromatic carbocycles. The van der Waals surface area contributed by atoms with Crippen LogP contribution in [0.4, 0.5) is 30.2 Å². The molecule has 0 aliphatic heterocycles. The third-order valence-corrected chi connectivity index (χ3v) is 5.37. The second-order valence-corrected chi connectivity index (χ2v) is 8.55. The highest BCUT2D eigenvalue weighted by Gasteiger charge is 2.33. The molecule has 162 valence electrons. The number of halogens is 4.